The number of nitrogens with one attached hydrogen (secondary N) is 1. The lowest BCUT2D eigenvalue weighted by molar-refractivity contribution is -0.117. The van der Waals surface area contributed by atoms with E-state index in [0.717, 1.165) is 23.9 Å². The topological polar surface area (TPSA) is 55.1 Å². The van der Waals surface area contributed by atoms with E-state index in [0.29, 0.717) is 11.6 Å². The quantitative estimate of drug-likeness (QED) is 0.839. The average Bonchev–Trinajstić information content (AvgIpc) is 3.00. The van der Waals surface area contributed by atoms with Crippen molar-refractivity contribution < 1.29 is 9.21 Å². The van der Waals surface area contributed by atoms with Gasteiger partial charge in [-0.2, -0.15) is 4.98 Å². The van der Waals surface area contributed by atoms with Crippen LogP contribution in [0.2, 0.25) is 0 Å². The smallest absolute Gasteiger partial charge is 0.302 e. The fourth-order valence-electron chi connectivity index (χ4n) is 1.64. The van der Waals surface area contributed by atoms with Crippen LogP contribution in [0.5, 0.6) is 0 Å². The molecule has 0 bridgehead atoms. The Labute approximate surface area is 92.7 Å². The van der Waals surface area contributed by atoms with Crippen molar-refractivity contribution in [3.8, 4) is 0 Å². The van der Waals surface area contributed by atoms with E-state index in [2.05, 4.69) is 10.3 Å². The number of fused-ring (bicyclic) bond motifs is 1. The first-order chi connectivity index (χ1) is 7.72. The molecule has 1 aromatic carbocycles. The van der Waals surface area contributed by atoms with E-state index in [1.54, 1.807) is 0 Å². The summed E-state index contributed by atoms with van der Waals surface area (Å²) in [7, 11) is 0. The summed E-state index contributed by atoms with van der Waals surface area (Å²) in [5.41, 5.74) is 2.60. The van der Waals surface area contributed by atoms with Crippen molar-refractivity contribution in [1.29, 1.82) is 0 Å². The van der Waals surface area contributed by atoms with Crippen LogP contribution in [0.4, 0.5) is 6.01 Å². The molecule has 1 amide bonds. The normalized spacial score (nSPS) is 15.3. The Hall–Kier alpha value is -1.84. The van der Waals surface area contributed by atoms with Crippen LogP contribution in [0.15, 0.2) is 22.6 Å². The van der Waals surface area contributed by atoms with Crippen LogP contribution < -0.4 is 5.32 Å². The number of anilines is 1. The van der Waals surface area contributed by atoms with E-state index >= 15 is 0 Å². The van der Waals surface area contributed by atoms with E-state index in [1.807, 2.05) is 25.1 Å². The number of amides is 1. The van der Waals surface area contributed by atoms with Crippen LogP contribution in [0.25, 0.3) is 11.1 Å². The van der Waals surface area contributed by atoms with Gasteiger partial charge in [-0.3, -0.25) is 10.1 Å². The molecule has 1 N–H and O–H groups in total. The van der Waals surface area contributed by atoms with Gasteiger partial charge in [0.1, 0.15) is 5.52 Å². The number of hydrogen-bond acceptors (Lipinski definition) is 3. The Morgan fingerprint density at radius 3 is 3.06 bits per heavy atom. The molecule has 1 fully saturated rings. The molecule has 0 aliphatic heterocycles. The summed E-state index contributed by atoms with van der Waals surface area (Å²) in [4.78, 5) is 15.7. The van der Waals surface area contributed by atoms with Crippen molar-refractivity contribution in [3.63, 3.8) is 0 Å². The standard InChI is InChI=1S/C12H12N2O2/c1-7-2-5-9-10(6-7)16-12(13-9)14-11(15)8-3-4-8/h2,5-6,8H,3-4H2,1H3,(H,13,14,15). The molecule has 82 valence electrons. The molecular weight excluding hydrogens is 204 g/mol. The highest BCUT2D eigenvalue weighted by Crippen LogP contribution is 2.30. The Morgan fingerprint density at radius 2 is 2.31 bits per heavy atom. The fourth-order valence-corrected chi connectivity index (χ4v) is 1.64. The molecule has 4 nitrogen and oxygen atoms in total. The second-order valence-electron chi connectivity index (χ2n) is 4.25. The van der Waals surface area contributed by atoms with Gasteiger partial charge in [-0.1, -0.05) is 6.07 Å². The summed E-state index contributed by atoms with van der Waals surface area (Å²) in [6.07, 6.45) is 1.95. The summed E-state index contributed by atoms with van der Waals surface area (Å²) in [5.74, 6) is 0.181. The largest absolute Gasteiger partial charge is 0.423 e. The zero-order chi connectivity index (χ0) is 11.1. The van der Waals surface area contributed by atoms with Crippen LogP contribution >= 0.6 is 0 Å². The van der Waals surface area contributed by atoms with Gasteiger partial charge in [0.05, 0.1) is 0 Å². The van der Waals surface area contributed by atoms with Crippen LogP contribution in [0.1, 0.15) is 18.4 Å². The summed E-state index contributed by atoms with van der Waals surface area (Å²) in [6, 6.07) is 6.07. The van der Waals surface area contributed by atoms with E-state index in [1.165, 1.54) is 0 Å². The van der Waals surface area contributed by atoms with Crippen molar-refractivity contribution in [2.45, 2.75) is 19.8 Å². The van der Waals surface area contributed by atoms with Gasteiger partial charge in [0.25, 0.3) is 0 Å². The number of aromatic nitrogens is 1. The molecule has 0 spiro atoms. The number of hydrogen-bond donors (Lipinski definition) is 1. The van der Waals surface area contributed by atoms with Crippen molar-refractivity contribution in [2.24, 2.45) is 5.92 Å². The first-order valence-corrected chi connectivity index (χ1v) is 5.40. The molecule has 0 radical (unpaired) electrons. The van der Waals surface area contributed by atoms with Gasteiger partial charge in [0, 0.05) is 5.92 Å². The molecule has 1 heterocycles. The van der Waals surface area contributed by atoms with Crippen molar-refractivity contribution in [3.05, 3.63) is 23.8 Å². The Balaban J connectivity index is 1.89. The summed E-state index contributed by atoms with van der Waals surface area (Å²) in [6.45, 7) is 1.99. The van der Waals surface area contributed by atoms with Crippen LogP contribution in [0, 0.1) is 12.8 Å². The minimum atomic E-state index is 0.0169. The fraction of sp³-hybridized carbons (Fsp3) is 0.333. The maximum absolute atomic E-state index is 11.5. The van der Waals surface area contributed by atoms with Gasteiger partial charge in [0.15, 0.2) is 5.58 Å². The summed E-state index contributed by atoms with van der Waals surface area (Å²) >= 11 is 0. The molecular formula is C12H12N2O2. The molecule has 1 aliphatic rings. The number of carbonyl (C=O) groups is 1. The number of oxazole rings is 1. The first-order valence-electron chi connectivity index (χ1n) is 5.40. The number of benzene rings is 1. The highest BCUT2D eigenvalue weighted by Gasteiger charge is 2.30. The van der Waals surface area contributed by atoms with Crippen LogP contribution in [0.3, 0.4) is 0 Å². The average molecular weight is 216 g/mol. The van der Waals surface area contributed by atoms with Crippen LogP contribution in [-0.4, -0.2) is 10.9 Å². The monoisotopic (exact) mass is 216 g/mol. The third kappa shape index (κ3) is 1.66. The van der Waals surface area contributed by atoms with Gasteiger partial charge < -0.3 is 4.42 Å². The highest BCUT2D eigenvalue weighted by atomic mass is 16.4. The SMILES string of the molecule is Cc1ccc2nc(NC(=O)C3CC3)oc2c1. The molecule has 0 atom stereocenters. The maximum atomic E-state index is 11.5. The lowest BCUT2D eigenvalue weighted by Crippen LogP contribution is -2.13. The lowest BCUT2D eigenvalue weighted by Gasteiger charge is -1.95. The summed E-state index contributed by atoms with van der Waals surface area (Å²) in [5, 5.41) is 2.70. The third-order valence-electron chi connectivity index (χ3n) is 2.72. The Bertz CT molecular complexity index is 555. The summed E-state index contributed by atoms with van der Waals surface area (Å²) < 4.78 is 5.45. The molecule has 0 unspecified atom stereocenters. The predicted molar refractivity (Wildman–Crippen MR) is 60.1 cm³/mol. The highest BCUT2D eigenvalue weighted by molar-refractivity contribution is 5.93. The van der Waals surface area contributed by atoms with E-state index in [9.17, 15) is 4.79 Å². The lowest BCUT2D eigenvalue weighted by atomic mass is 10.2. The number of rotatable bonds is 2. The van der Waals surface area contributed by atoms with Gasteiger partial charge >= 0.3 is 6.01 Å². The second-order valence-corrected chi connectivity index (χ2v) is 4.25. The molecule has 0 saturated heterocycles. The van der Waals surface area contributed by atoms with Crippen LogP contribution in [-0.2, 0) is 4.79 Å². The Kier molecular flexibility index (Phi) is 1.96. The minimum absolute atomic E-state index is 0.0169. The van der Waals surface area contributed by atoms with Crippen molar-refractivity contribution in [2.75, 3.05) is 5.32 Å². The number of carbonyl (C=O) groups excluding carboxylic acids is 1. The maximum Gasteiger partial charge on any atom is 0.302 e. The zero-order valence-electron chi connectivity index (χ0n) is 8.99. The molecule has 2 aromatic rings. The third-order valence-corrected chi connectivity index (χ3v) is 2.72. The van der Waals surface area contributed by atoms with Gasteiger partial charge in [0.2, 0.25) is 5.91 Å². The van der Waals surface area contributed by atoms with E-state index in [4.69, 9.17) is 4.42 Å². The molecule has 1 aliphatic carbocycles. The number of nitrogens with zero attached hydrogens (tertiary/aromatic N) is 1. The first kappa shape index (κ1) is 9.39. The molecule has 16 heavy (non-hydrogen) atoms. The second kappa shape index (κ2) is 3.33. The predicted octanol–water partition coefficient (Wildman–Crippen LogP) is 2.48. The number of aryl methyl sites for hydroxylation is 1. The van der Waals surface area contributed by atoms with E-state index < -0.39 is 0 Å². The zero-order valence-corrected chi connectivity index (χ0v) is 8.99. The van der Waals surface area contributed by atoms with Crippen molar-refractivity contribution >= 4 is 23.0 Å². The van der Waals surface area contributed by atoms with E-state index in [-0.39, 0.29) is 11.8 Å². The molecule has 4 heteroatoms. The molecule has 1 aromatic heterocycles. The van der Waals surface area contributed by atoms with Gasteiger partial charge in [-0.25, -0.2) is 0 Å². The van der Waals surface area contributed by atoms with Crippen molar-refractivity contribution in [1.82, 2.24) is 4.98 Å². The Morgan fingerprint density at radius 1 is 1.50 bits per heavy atom. The molecule has 3 rings (SSSR count). The van der Waals surface area contributed by atoms with Gasteiger partial charge in [-0.05, 0) is 37.5 Å². The van der Waals surface area contributed by atoms with Gasteiger partial charge in [-0.15, -0.1) is 0 Å². The minimum Gasteiger partial charge on any atom is -0.423 e. The molecule has 1 saturated carbocycles.